The second-order valence-corrected chi connectivity index (χ2v) is 4.89. The van der Waals surface area contributed by atoms with Crippen molar-refractivity contribution in [3.05, 3.63) is 29.8 Å². The molecule has 17 heavy (non-hydrogen) atoms. The molecular formula is C14H21NO2. The average Bonchev–Trinajstić information content (AvgIpc) is 2.76. The van der Waals surface area contributed by atoms with Crippen molar-refractivity contribution < 1.29 is 9.84 Å². The molecule has 0 bridgehead atoms. The minimum Gasteiger partial charge on any atom is -0.491 e. The van der Waals surface area contributed by atoms with Gasteiger partial charge in [-0.15, -0.1) is 0 Å². The van der Waals surface area contributed by atoms with Gasteiger partial charge in [-0.2, -0.15) is 0 Å². The summed E-state index contributed by atoms with van der Waals surface area (Å²) in [6, 6.07) is 8.02. The lowest BCUT2D eigenvalue weighted by Gasteiger charge is -2.22. The average molecular weight is 235 g/mol. The topological polar surface area (TPSA) is 41.5 Å². The summed E-state index contributed by atoms with van der Waals surface area (Å²) in [4.78, 5) is 0. The molecular weight excluding hydrogens is 214 g/mol. The van der Waals surface area contributed by atoms with Crippen LogP contribution in [0.4, 0.5) is 0 Å². The van der Waals surface area contributed by atoms with Gasteiger partial charge in [0.05, 0.1) is 5.60 Å². The molecule has 0 spiro atoms. The van der Waals surface area contributed by atoms with Crippen LogP contribution in [0.25, 0.3) is 0 Å². The van der Waals surface area contributed by atoms with Crippen LogP contribution in [0.15, 0.2) is 24.3 Å². The number of hydrogen-bond donors (Lipinski definition) is 2. The lowest BCUT2D eigenvalue weighted by atomic mass is 10.0. The zero-order valence-electron chi connectivity index (χ0n) is 10.4. The summed E-state index contributed by atoms with van der Waals surface area (Å²) in [7, 11) is 1.93. The predicted octanol–water partition coefficient (Wildman–Crippen LogP) is 2.09. The Bertz CT molecular complexity index is 342. The Morgan fingerprint density at radius 2 is 1.88 bits per heavy atom. The van der Waals surface area contributed by atoms with Gasteiger partial charge in [-0.05, 0) is 37.6 Å². The minimum absolute atomic E-state index is 0.415. The zero-order chi connectivity index (χ0) is 12.1. The maximum Gasteiger partial charge on any atom is 0.119 e. The highest BCUT2D eigenvalue weighted by Gasteiger charge is 2.31. The van der Waals surface area contributed by atoms with Gasteiger partial charge in [0, 0.05) is 6.54 Å². The Morgan fingerprint density at radius 3 is 2.47 bits per heavy atom. The van der Waals surface area contributed by atoms with Crippen LogP contribution >= 0.6 is 0 Å². The molecule has 1 aromatic carbocycles. The number of rotatable bonds is 5. The normalized spacial score (nSPS) is 18.2. The van der Waals surface area contributed by atoms with Gasteiger partial charge in [0.25, 0.3) is 0 Å². The van der Waals surface area contributed by atoms with Gasteiger partial charge >= 0.3 is 0 Å². The SMILES string of the molecule is CNCc1ccc(OCC2(O)CCCC2)cc1. The predicted molar refractivity (Wildman–Crippen MR) is 68.1 cm³/mol. The Labute approximate surface area is 103 Å². The van der Waals surface area contributed by atoms with Gasteiger partial charge in [-0.1, -0.05) is 25.0 Å². The van der Waals surface area contributed by atoms with Crippen molar-refractivity contribution in [2.75, 3.05) is 13.7 Å². The molecule has 1 aliphatic rings. The van der Waals surface area contributed by atoms with E-state index in [1.54, 1.807) is 0 Å². The van der Waals surface area contributed by atoms with E-state index in [0.717, 1.165) is 38.0 Å². The Hall–Kier alpha value is -1.06. The largest absolute Gasteiger partial charge is 0.491 e. The van der Waals surface area contributed by atoms with E-state index in [4.69, 9.17) is 4.74 Å². The van der Waals surface area contributed by atoms with Crippen molar-refractivity contribution in [1.29, 1.82) is 0 Å². The van der Waals surface area contributed by atoms with Crippen LogP contribution in [0.1, 0.15) is 31.2 Å². The van der Waals surface area contributed by atoms with Crippen molar-refractivity contribution >= 4 is 0 Å². The highest BCUT2D eigenvalue weighted by Crippen LogP contribution is 2.30. The quantitative estimate of drug-likeness (QED) is 0.821. The lowest BCUT2D eigenvalue weighted by molar-refractivity contribution is 0.00140. The number of benzene rings is 1. The number of hydrogen-bond acceptors (Lipinski definition) is 3. The van der Waals surface area contributed by atoms with Gasteiger partial charge in [-0.3, -0.25) is 0 Å². The number of aliphatic hydroxyl groups is 1. The van der Waals surface area contributed by atoms with E-state index >= 15 is 0 Å². The molecule has 0 aromatic heterocycles. The highest BCUT2D eigenvalue weighted by atomic mass is 16.5. The molecule has 1 aromatic rings. The zero-order valence-corrected chi connectivity index (χ0v) is 10.4. The smallest absolute Gasteiger partial charge is 0.119 e. The third kappa shape index (κ3) is 3.45. The molecule has 0 radical (unpaired) electrons. The molecule has 0 heterocycles. The van der Waals surface area contributed by atoms with Crippen LogP contribution < -0.4 is 10.1 Å². The van der Waals surface area contributed by atoms with E-state index in [1.165, 1.54) is 5.56 Å². The fourth-order valence-electron chi connectivity index (χ4n) is 2.30. The summed E-state index contributed by atoms with van der Waals surface area (Å²) < 4.78 is 5.66. The first-order chi connectivity index (χ1) is 8.22. The van der Waals surface area contributed by atoms with Crippen molar-refractivity contribution in [2.24, 2.45) is 0 Å². The molecule has 1 fully saturated rings. The molecule has 2 rings (SSSR count). The van der Waals surface area contributed by atoms with Crippen molar-refractivity contribution in [3.63, 3.8) is 0 Å². The van der Waals surface area contributed by atoms with E-state index in [-0.39, 0.29) is 0 Å². The van der Waals surface area contributed by atoms with Crippen LogP contribution in [0.2, 0.25) is 0 Å². The van der Waals surface area contributed by atoms with E-state index in [2.05, 4.69) is 5.32 Å². The first kappa shape index (κ1) is 12.4. The maximum atomic E-state index is 10.2. The van der Waals surface area contributed by atoms with Gasteiger partial charge in [0.1, 0.15) is 12.4 Å². The van der Waals surface area contributed by atoms with Gasteiger partial charge < -0.3 is 15.2 Å². The van der Waals surface area contributed by atoms with Gasteiger partial charge in [0.15, 0.2) is 0 Å². The molecule has 3 heteroatoms. The summed E-state index contributed by atoms with van der Waals surface area (Å²) >= 11 is 0. The first-order valence-corrected chi connectivity index (χ1v) is 6.31. The molecule has 0 amide bonds. The molecule has 0 atom stereocenters. The Balaban J connectivity index is 1.86. The second-order valence-electron chi connectivity index (χ2n) is 4.89. The molecule has 0 unspecified atom stereocenters. The Kier molecular flexibility index (Phi) is 4.02. The molecule has 1 aliphatic carbocycles. The fraction of sp³-hybridized carbons (Fsp3) is 0.571. The van der Waals surface area contributed by atoms with E-state index in [9.17, 15) is 5.11 Å². The second kappa shape index (κ2) is 5.52. The number of nitrogens with one attached hydrogen (secondary N) is 1. The van der Waals surface area contributed by atoms with Crippen LogP contribution in [0.5, 0.6) is 5.75 Å². The standard InChI is InChI=1S/C14H21NO2/c1-15-10-12-4-6-13(7-5-12)17-11-14(16)8-2-3-9-14/h4-7,15-16H,2-3,8-11H2,1H3. The van der Waals surface area contributed by atoms with Crippen LogP contribution in [0.3, 0.4) is 0 Å². The maximum absolute atomic E-state index is 10.2. The lowest BCUT2D eigenvalue weighted by Crippen LogP contribution is -2.32. The third-order valence-electron chi connectivity index (χ3n) is 3.35. The third-order valence-corrected chi connectivity index (χ3v) is 3.35. The minimum atomic E-state index is -0.594. The summed E-state index contributed by atoms with van der Waals surface area (Å²) in [5.41, 5.74) is 0.642. The molecule has 94 valence electrons. The number of ether oxygens (including phenoxy) is 1. The van der Waals surface area contributed by atoms with Gasteiger partial charge in [0.2, 0.25) is 0 Å². The molecule has 3 nitrogen and oxygen atoms in total. The molecule has 0 saturated heterocycles. The summed E-state index contributed by atoms with van der Waals surface area (Å²) in [6.07, 6.45) is 3.96. The fourth-order valence-corrected chi connectivity index (χ4v) is 2.30. The van der Waals surface area contributed by atoms with Crippen LogP contribution in [-0.2, 0) is 6.54 Å². The van der Waals surface area contributed by atoms with Crippen molar-refractivity contribution in [3.8, 4) is 5.75 Å². The molecule has 1 saturated carbocycles. The molecule has 0 aliphatic heterocycles. The van der Waals surface area contributed by atoms with Gasteiger partial charge in [-0.25, -0.2) is 0 Å². The van der Waals surface area contributed by atoms with Crippen LogP contribution in [0, 0.1) is 0 Å². The first-order valence-electron chi connectivity index (χ1n) is 6.31. The van der Waals surface area contributed by atoms with Crippen molar-refractivity contribution in [2.45, 2.75) is 37.8 Å². The summed E-state index contributed by atoms with van der Waals surface area (Å²) in [5, 5.41) is 13.3. The Morgan fingerprint density at radius 1 is 1.24 bits per heavy atom. The van der Waals surface area contributed by atoms with E-state index in [1.807, 2.05) is 31.3 Å². The molecule has 2 N–H and O–H groups in total. The highest BCUT2D eigenvalue weighted by molar-refractivity contribution is 5.27. The summed E-state index contributed by atoms with van der Waals surface area (Å²) in [6.45, 7) is 1.28. The summed E-state index contributed by atoms with van der Waals surface area (Å²) in [5.74, 6) is 0.838. The monoisotopic (exact) mass is 235 g/mol. The van der Waals surface area contributed by atoms with E-state index < -0.39 is 5.60 Å². The van der Waals surface area contributed by atoms with E-state index in [0.29, 0.717) is 6.61 Å². The van der Waals surface area contributed by atoms with Crippen LogP contribution in [-0.4, -0.2) is 24.4 Å². The van der Waals surface area contributed by atoms with Crippen molar-refractivity contribution in [1.82, 2.24) is 5.32 Å².